The lowest BCUT2D eigenvalue weighted by atomic mass is 10.0. The molecule has 0 saturated heterocycles. The lowest BCUT2D eigenvalue weighted by molar-refractivity contribution is 0.102. The highest BCUT2D eigenvalue weighted by atomic mass is 16.5. The minimum absolute atomic E-state index is 0.211. The van der Waals surface area contributed by atoms with Crippen LogP contribution in [-0.2, 0) is 6.42 Å². The number of hydrogen-bond donors (Lipinski definition) is 2. The maximum absolute atomic E-state index is 12.5. The molecule has 1 fully saturated rings. The predicted octanol–water partition coefficient (Wildman–Crippen LogP) is 3.22. The van der Waals surface area contributed by atoms with Gasteiger partial charge in [-0.2, -0.15) is 0 Å². The van der Waals surface area contributed by atoms with Crippen molar-refractivity contribution in [1.82, 2.24) is 4.98 Å². The molecule has 2 N–H and O–H groups in total. The number of fused-ring (bicyclic) bond motifs is 1. The van der Waals surface area contributed by atoms with E-state index < -0.39 is 0 Å². The first kappa shape index (κ1) is 15.0. The number of rotatable bonds is 3. The number of benzene rings is 1. The van der Waals surface area contributed by atoms with E-state index in [0.29, 0.717) is 17.2 Å². The van der Waals surface area contributed by atoms with Crippen LogP contribution >= 0.6 is 0 Å². The zero-order valence-electron chi connectivity index (χ0n) is 13.8. The number of nitrogens with one attached hydrogen (secondary N) is 2. The number of carbonyl (C=O) groups is 1. The van der Waals surface area contributed by atoms with E-state index in [1.54, 1.807) is 6.07 Å². The Morgan fingerprint density at radius 1 is 1.25 bits per heavy atom. The average molecular weight is 324 g/mol. The molecule has 1 saturated carbocycles. The van der Waals surface area contributed by atoms with E-state index in [0.717, 1.165) is 36.3 Å². The minimum atomic E-state index is -0.263. The Hall–Kier alpha value is -2.56. The van der Waals surface area contributed by atoms with Crippen molar-refractivity contribution in [2.45, 2.75) is 44.6 Å². The van der Waals surface area contributed by atoms with Crippen LogP contribution in [0.5, 0.6) is 5.75 Å². The van der Waals surface area contributed by atoms with Crippen LogP contribution in [0.25, 0.3) is 0 Å². The lowest BCUT2D eigenvalue weighted by Crippen LogP contribution is -2.24. The third kappa shape index (κ3) is 2.94. The lowest BCUT2D eigenvalue weighted by Gasteiger charge is -2.16. The molecule has 2 aromatic rings. The molecule has 0 radical (unpaired) electrons. The summed E-state index contributed by atoms with van der Waals surface area (Å²) in [6.07, 6.45) is 2.95. The molecule has 2 heterocycles. The zero-order chi connectivity index (χ0) is 16.9. The van der Waals surface area contributed by atoms with Crippen molar-refractivity contribution >= 4 is 11.6 Å². The number of carbonyl (C=O) groups excluding carboxylic acids is 1. The first-order chi connectivity index (χ1) is 11.4. The van der Waals surface area contributed by atoms with Gasteiger partial charge in [0, 0.05) is 35.0 Å². The number of hydrogen-bond acceptors (Lipinski definition) is 3. The van der Waals surface area contributed by atoms with Crippen molar-refractivity contribution in [1.29, 1.82) is 0 Å². The van der Waals surface area contributed by atoms with E-state index >= 15 is 0 Å². The van der Waals surface area contributed by atoms with Gasteiger partial charge in [0.05, 0.1) is 0 Å². The molecule has 1 aliphatic heterocycles. The first-order valence-corrected chi connectivity index (χ1v) is 8.27. The molecular weight excluding hydrogens is 304 g/mol. The van der Waals surface area contributed by atoms with E-state index in [1.165, 1.54) is 6.07 Å². The Labute approximate surface area is 140 Å². The van der Waals surface area contributed by atoms with Crippen LogP contribution in [0.4, 0.5) is 5.69 Å². The van der Waals surface area contributed by atoms with Crippen molar-refractivity contribution in [3.05, 3.63) is 57.5 Å². The topological polar surface area (TPSA) is 71.2 Å². The fraction of sp³-hybridized carbons (Fsp3) is 0.368. The summed E-state index contributed by atoms with van der Waals surface area (Å²) in [6.45, 7) is 4.09. The van der Waals surface area contributed by atoms with Gasteiger partial charge < -0.3 is 15.0 Å². The molecule has 0 spiro atoms. The third-order valence-corrected chi connectivity index (χ3v) is 4.47. The maximum Gasteiger partial charge on any atom is 0.255 e. The average Bonchev–Trinajstić information content (AvgIpc) is 3.29. The van der Waals surface area contributed by atoms with Gasteiger partial charge in [0.15, 0.2) is 0 Å². The molecule has 0 atom stereocenters. The van der Waals surface area contributed by atoms with E-state index in [9.17, 15) is 9.59 Å². The summed E-state index contributed by atoms with van der Waals surface area (Å²) >= 11 is 0. The van der Waals surface area contributed by atoms with Crippen LogP contribution in [0, 0.1) is 0 Å². The number of amides is 1. The van der Waals surface area contributed by atoms with Crippen molar-refractivity contribution in [2.24, 2.45) is 0 Å². The van der Waals surface area contributed by atoms with E-state index in [4.69, 9.17) is 4.74 Å². The van der Waals surface area contributed by atoms with Crippen molar-refractivity contribution in [2.75, 3.05) is 5.32 Å². The van der Waals surface area contributed by atoms with Gasteiger partial charge >= 0.3 is 0 Å². The van der Waals surface area contributed by atoms with Crippen LogP contribution in [0.2, 0.25) is 0 Å². The van der Waals surface area contributed by atoms with Gasteiger partial charge in [0.2, 0.25) is 5.56 Å². The highest BCUT2D eigenvalue weighted by molar-refractivity contribution is 6.04. The van der Waals surface area contributed by atoms with Crippen LogP contribution in [0.1, 0.15) is 54.2 Å². The molecule has 4 rings (SSSR count). The zero-order valence-corrected chi connectivity index (χ0v) is 13.8. The molecule has 1 aromatic heterocycles. The standard InChI is InChI=1S/C19H20N2O3/c1-19(2)10-13-7-14(5-6-16(13)24-19)20-18(23)12-8-15(11-3-4-11)21-17(22)9-12/h5-9,11H,3-4,10H2,1-2H3,(H,20,23)(H,21,22). The summed E-state index contributed by atoms with van der Waals surface area (Å²) in [7, 11) is 0. The van der Waals surface area contributed by atoms with Crippen LogP contribution in [0.15, 0.2) is 35.1 Å². The summed E-state index contributed by atoms with van der Waals surface area (Å²) in [4.78, 5) is 27.1. The molecule has 5 nitrogen and oxygen atoms in total. The Morgan fingerprint density at radius 3 is 2.79 bits per heavy atom. The second kappa shape index (κ2) is 5.23. The fourth-order valence-corrected chi connectivity index (χ4v) is 3.20. The summed E-state index contributed by atoms with van der Waals surface area (Å²) in [5, 5.41) is 2.88. The van der Waals surface area contributed by atoms with Gasteiger partial charge in [-0.1, -0.05) is 0 Å². The monoisotopic (exact) mass is 324 g/mol. The molecule has 124 valence electrons. The molecule has 5 heteroatoms. The summed E-state index contributed by atoms with van der Waals surface area (Å²) in [5.41, 5.74) is 2.62. The molecule has 0 bridgehead atoms. The SMILES string of the molecule is CC1(C)Cc2cc(NC(=O)c3cc(C4CC4)[nH]c(=O)c3)ccc2O1. The number of aromatic amines is 1. The molecule has 24 heavy (non-hydrogen) atoms. The number of anilines is 1. The van der Waals surface area contributed by atoms with Crippen molar-refractivity contribution < 1.29 is 9.53 Å². The third-order valence-electron chi connectivity index (χ3n) is 4.47. The van der Waals surface area contributed by atoms with Crippen molar-refractivity contribution in [3.8, 4) is 5.75 Å². The number of ether oxygens (including phenoxy) is 1. The van der Waals surface area contributed by atoms with Gasteiger partial charge in [-0.05, 0) is 56.9 Å². The number of H-pyrrole nitrogens is 1. The fourth-order valence-electron chi connectivity index (χ4n) is 3.20. The van der Waals surface area contributed by atoms with Gasteiger partial charge in [0.1, 0.15) is 11.4 Å². The van der Waals surface area contributed by atoms with Gasteiger partial charge in [-0.3, -0.25) is 9.59 Å². The number of pyridine rings is 1. The Balaban J connectivity index is 1.56. The van der Waals surface area contributed by atoms with Gasteiger partial charge in [-0.25, -0.2) is 0 Å². The summed E-state index contributed by atoms with van der Waals surface area (Å²) < 4.78 is 5.85. The number of aromatic nitrogens is 1. The van der Waals surface area contributed by atoms with E-state index in [1.807, 2.05) is 32.0 Å². The molecular formula is C19H20N2O3. The highest BCUT2D eigenvalue weighted by Gasteiger charge is 2.30. The second-order valence-corrected chi connectivity index (χ2v) is 7.28. The second-order valence-electron chi connectivity index (χ2n) is 7.28. The smallest absolute Gasteiger partial charge is 0.255 e. The summed E-state index contributed by atoms with van der Waals surface area (Å²) in [5.74, 6) is 0.996. The maximum atomic E-state index is 12.5. The Bertz CT molecular complexity index is 878. The van der Waals surface area contributed by atoms with E-state index in [2.05, 4.69) is 10.3 Å². The molecule has 0 unspecified atom stereocenters. The van der Waals surface area contributed by atoms with Gasteiger partial charge in [-0.15, -0.1) is 0 Å². The molecule has 1 aliphatic carbocycles. The Morgan fingerprint density at radius 2 is 2.04 bits per heavy atom. The minimum Gasteiger partial charge on any atom is -0.487 e. The Kier molecular flexibility index (Phi) is 3.27. The van der Waals surface area contributed by atoms with Crippen LogP contribution in [-0.4, -0.2) is 16.5 Å². The van der Waals surface area contributed by atoms with Crippen LogP contribution < -0.4 is 15.6 Å². The highest BCUT2D eigenvalue weighted by Crippen LogP contribution is 2.39. The normalized spacial score (nSPS) is 17.9. The molecule has 2 aliphatic rings. The van der Waals surface area contributed by atoms with Crippen molar-refractivity contribution in [3.63, 3.8) is 0 Å². The van der Waals surface area contributed by atoms with Crippen LogP contribution in [0.3, 0.4) is 0 Å². The summed E-state index contributed by atoms with van der Waals surface area (Å²) in [6, 6.07) is 8.78. The van der Waals surface area contributed by atoms with Gasteiger partial charge in [0.25, 0.3) is 5.91 Å². The quantitative estimate of drug-likeness (QED) is 0.910. The van der Waals surface area contributed by atoms with E-state index in [-0.39, 0.29) is 17.1 Å². The molecule has 1 aromatic carbocycles. The first-order valence-electron chi connectivity index (χ1n) is 8.27. The predicted molar refractivity (Wildman–Crippen MR) is 91.8 cm³/mol. The largest absolute Gasteiger partial charge is 0.487 e. The molecule has 1 amide bonds.